The van der Waals surface area contributed by atoms with E-state index in [1.54, 1.807) is 0 Å². The van der Waals surface area contributed by atoms with Gasteiger partial charge in [0.1, 0.15) is 0 Å². The molecule has 0 aromatic heterocycles. The second-order valence-corrected chi connectivity index (χ2v) is 6.27. The van der Waals surface area contributed by atoms with Crippen molar-refractivity contribution >= 4 is 26.7 Å². The van der Waals surface area contributed by atoms with Gasteiger partial charge in [0.05, 0.1) is 16.9 Å². The number of hydrogen-bond acceptors (Lipinski definition) is 2. The Bertz CT molecular complexity index is 353. The summed E-state index contributed by atoms with van der Waals surface area (Å²) >= 11 is 3.37. The van der Waals surface area contributed by atoms with Crippen molar-refractivity contribution in [1.29, 1.82) is 0 Å². The SMILES string of the molecule is CC(C)OCCC[S@](=O)c1cccc(Br)c1. The van der Waals surface area contributed by atoms with Crippen molar-refractivity contribution in [2.45, 2.75) is 31.3 Å². The molecule has 1 aromatic carbocycles. The minimum Gasteiger partial charge on any atom is -0.379 e. The Hall–Kier alpha value is -0.190. The zero-order valence-electron chi connectivity index (χ0n) is 9.61. The van der Waals surface area contributed by atoms with Crippen LogP contribution in [0.2, 0.25) is 0 Å². The van der Waals surface area contributed by atoms with E-state index in [9.17, 15) is 4.21 Å². The predicted molar refractivity (Wildman–Crippen MR) is 71.1 cm³/mol. The normalized spacial score (nSPS) is 13.0. The second kappa shape index (κ2) is 7.20. The Morgan fingerprint density at radius 1 is 1.44 bits per heavy atom. The molecule has 0 N–H and O–H groups in total. The maximum Gasteiger partial charge on any atom is 0.0530 e. The van der Waals surface area contributed by atoms with Gasteiger partial charge in [-0.25, -0.2) is 0 Å². The zero-order chi connectivity index (χ0) is 12.0. The van der Waals surface area contributed by atoms with E-state index < -0.39 is 10.8 Å². The molecule has 0 heterocycles. The summed E-state index contributed by atoms with van der Waals surface area (Å²) in [6.45, 7) is 4.69. The molecule has 0 radical (unpaired) electrons. The van der Waals surface area contributed by atoms with Gasteiger partial charge < -0.3 is 4.74 Å². The highest BCUT2D eigenvalue weighted by Crippen LogP contribution is 2.15. The van der Waals surface area contributed by atoms with Crippen molar-refractivity contribution < 1.29 is 8.95 Å². The molecule has 0 fully saturated rings. The van der Waals surface area contributed by atoms with Crippen molar-refractivity contribution in [3.63, 3.8) is 0 Å². The monoisotopic (exact) mass is 304 g/mol. The third-order valence-electron chi connectivity index (χ3n) is 1.98. The van der Waals surface area contributed by atoms with E-state index >= 15 is 0 Å². The van der Waals surface area contributed by atoms with Gasteiger partial charge in [0, 0.05) is 21.7 Å². The van der Waals surface area contributed by atoms with Crippen LogP contribution in [0.3, 0.4) is 0 Å². The smallest absolute Gasteiger partial charge is 0.0530 e. The quantitative estimate of drug-likeness (QED) is 0.753. The molecule has 0 amide bonds. The van der Waals surface area contributed by atoms with E-state index in [0.717, 1.165) is 15.8 Å². The average Bonchev–Trinajstić information content (AvgIpc) is 2.24. The Morgan fingerprint density at radius 2 is 2.19 bits per heavy atom. The van der Waals surface area contributed by atoms with Gasteiger partial charge >= 0.3 is 0 Å². The van der Waals surface area contributed by atoms with E-state index in [4.69, 9.17) is 4.74 Å². The fourth-order valence-corrected chi connectivity index (χ4v) is 2.89. The van der Waals surface area contributed by atoms with Gasteiger partial charge in [-0.15, -0.1) is 0 Å². The summed E-state index contributed by atoms with van der Waals surface area (Å²) in [4.78, 5) is 0.874. The summed E-state index contributed by atoms with van der Waals surface area (Å²) in [6, 6.07) is 7.63. The lowest BCUT2D eigenvalue weighted by atomic mass is 10.4. The number of hydrogen-bond donors (Lipinski definition) is 0. The van der Waals surface area contributed by atoms with Gasteiger partial charge in [0.25, 0.3) is 0 Å². The van der Waals surface area contributed by atoms with Crippen molar-refractivity contribution in [1.82, 2.24) is 0 Å². The molecule has 0 aliphatic carbocycles. The summed E-state index contributed by atoms with van der Waals surface area (Å²) in [6.07, 6.45) is 1.08. The fourth-order valence-electron chi connectivity index (χ4n) is 1.24. The Morgan fingerprint density at radius 3 is 2.81 bits per heavy atom. The highest BCUT2D eigenvalue weighted by atomic mass is 79.9. The topological polar surface area (TPSA) is 26.3 Å². The lowest BCUT2D eigenvalue weighted by Crippen LogP contribution is -2.07. The molecule has 1 rings (SSSR count). The first-order valence-corrected chi connectivity index (χ1v) is 7.46. The first-order chi connectivity index (χ1) is 7.59. The van der Waals surface area contributed by atoms with Crippen molar-refractivity contribution in [2.75, 3.05) is 12.4 Å². The summed E-state index contributed by atoms with van der Waals surface area (Å²) in [7, 11) is -0.918. The Balaban J connectivity index is 2.35. The molecule has 90 valence electrons. The molecule has 16 heavy (non-hydrogen) atoms. The summed E-state index contributed by atoms with van der Waals surface area (Å²) in [5.74, 6) is 0.656. The number of benzene rings is 1. The standard InChI is InChI=1S/C12H17BrO2S/c1-10(2)15-7-4-8-16(14)12-6-3-5-11(13)9-12/h3,5-6,9-10H,4,7-8H2,1-2H3/t16-/m0/s1. The summed E-state index contributed by atoms with van der Waals surface area (Å²) in [5.41, 5.74) is 0. The van der Waals surface area contributed by atoms with Crippen LogP contribution in [0, 0.1) is 0 Å². The molecule has 0 bridgehead atoms. The molecule has 2 nitrogen and oxygen atoms in total. The van der Waals surface area contributed by atoms with Crippen molar-refractivity contribution in [3.05, 3.63) is 28.7 Å². The molecule has 0 spiro atoms. The minimum absolute atomic E-state index is 0.249. The molecule has 1 aromatic rings. The highest BCUT2D eigenvalue weighted by Gasteiger charge is 2.04. The highest BCUT2D eigenvalue weighted by molar-refractivity contribution is 9.10. The van der Waals surface area contributed by atoms with E-state index in [2.05, 4.69) is 15.9 Å². The first kappa shape index (κ1) is 13.9. The van der Waals surface area contributed by atoms with Crippen LogP contribution in [0.15, 0.2) is 33.6 Å². The third-order valence-corrected chi connectivity index (χ3v) is 3.92. The van der Waals surface area contributed by atoms with Gasteiger partial charge in [0.2, 0.25) is 0 Å². The largest absolute Gasteiger partial charge is 0.379 e. The maximum absolute atomic E-state index is 11.9. The van der Waals surface area contributed by atoms with E-state index in [-0.39, 0.29) is 6.10 Å². The van der Waals surface area contributed by atoms with Gasteiger partial charge in [-0.05, 0) is 38.5 Å². The van der Waals surface area contributed by atoms with Gasteiger partial charge in [0.15, 0.2) is 0 Å². The molecule has 4 heteroatoms. The zero-order valence-corrected chi connectivity index (χ0v) is 12.0. The second-order valence-electron chi connectivity index (χ2n) is 3.78. The molecule has 0 saturated carbocycles. The Labute approximate surface area is 108 Å². The van der Waals surface area contributed by atoms with E-state index in [1.165, 1.54) is 0 Å². The molecular weight excluding hydrogens is 288 g/mol. The van der Waals surface area contributed by atoms with Crippen LogP contribution in [-0.2, 0) is 15.5 Å². The summed E-state index contributed by atoms with van der Waals surface area (Å²) < 4.78 is 18.3. The van der Waals surface area contributed by atoms with Crippen LogP contribution in [0.1, 0.15) is 20.3 Å². The predicted octanol–water partition coefficient (Wildman–Crippen LogP) is 3.37. The molecule has 0 unspecified atom stereocenters. The van der Waals surface area contributed by atoms with Gasteiger partial charge in [-0.1, -0.05) is 22.0 Å². The van der Waals surface area contributed by atoms with Crippen molar-refractivity contribution in [2.24, 2.45) is 0 Å². The Kier molecular flexibility index (Phi) is 6.24. The molecule has 0 aliphatic rings. The van der Waals surface area contributed by atoms with E-state index in [1.807, 2.05) is 38.1 Å². The lowest BCUT2D eigenvalue weighted by molar-refractivity contribution is 0.0798. The van der Waals surface area contributed by atoms with Gasteiger partial charge in [-0.2, -0.15) is 0 Å². The maximum atomic E-state index is 11.9. The first-order valence-electron chi connectivity index (χ1n) is 5.35. The van der Waals surface area contributed by atoms with Crippen LogP contribution >= 0.6 is 15.9 Å². The van der Waals surface area contributed by atoms with Crippen LogP contribution in [0.25, 0.3) is 0 Å². The summed E-state index contributed by atoms with van der Waals surface area (Å²) in [5, 5.41) is 0. The average molecular weight is 305 g/mol. The van der Waals surface area contributed by atoms with Crippen LogP contribution in [0.5, 0.6) is 0 Å². The molecule has 0 aliphatic heterocycles. The van der Waals surface area contributed by atoms with Crippen LogP contribution in [0.4, 0.5) is 0 Å². The molecular formula is C12H17BrO2S. The number of ether oxygens (including phenoxy) is 1. The number of halogens is 1. The third kappa shape index (κ3) is 5.23. The van der Waals surface area contributed by atoms with Crippen LogP contribution < -0.4 is 0 Å². The molecule has 1 atom stereocenters. The number of rotatable bonds is 6. The van der Waals surface area contributed by atoms with Gasteiger partial charge in [-0.3, -0.25) is 4.21 Å². The molecule has 0 saturated heterocycles. The van der Waals surface area contributed by atoms with Crippen molar-refractivity contribution in [3.8, 4) is 0 Å². The van der Waals surface area contributed by atoms with Crippen LogP contribution in [-0.4, -0.2) is 22.7 Å². The fraction of sp³-hybridized carbons (Fsp3) is 0.500. The minimum atomic E-state index is -0.918. The lowest BCUT2D eigenvalue weighted by Gasteiger charge is -2.07. The van der Waals surface area contributed by atoms with E-state index in [0.29, 0.717) is 12.4 Å².